The fourth-order valence-corrected chi connectivity index (χ4v) is 2.27. The van der Waals surface area contributed by atoms with E-state index in [1.54, 1.807) is 0 Å². The molecule has 3 heteroatoms. The van der Waals surface area contributed by atoms with Gasteiger partial charge in [-0.2, -0.15) is 0 Å². The average Bonchev–Trinajstić information content (AvgIpc) is 2.58. The van der Waals surface area contributed by atoms with Gasteiger partial charge in [-0.15, -0.1) is 0 Å². The number of hydrogen-bond donors (Lipinski definition) is 2. The molecular formula is C13H19N3. The summed E-state index contributed by atoms with van der Waals surface area (Å²) in [5.74, 6) is 0. The minimum Gasteiger partial charge on any atom is -0.397 e. The molecule has 1 heterocycles. The van der Waals surface area contributed by atoms with E-state index in [0.29, 0.717) is 6.04 Å². The van der Waals surface area contributed by atoms with Crippen molar-refractivity contribution < 1.29 is 0 Å². The van der Waals surface area contributed by atoms with Crippen molar-refractivity contribution in [1.29, 1.82) is 0 Å². The molecule has 2 aromatic rings. The zero-order chi connectivity index (χ0) is 11.7. The SMILES string of the molecule is CNCc1cc2cccc(N)c2n1C(C)C. The molecule has 1 aromatic carbocycles. The number of aromatic nitrogens is 1. The Hall–Kier alpha value is -1.48. The fraction of sp³-hybridized carbons (Fsp3) is 0.385. The Balaban J connectivity index is 2.72. The van der Waals surface area contributed by atoms with Crippen LogP contribution in [0, 0.1) is 0 Å². The first-order chi connectivity index (χ1) is 7.65. The third kappa shape index (κ3) is 1.67. The first kappa shape index (κ1) is 11.0. The number of fused-ring (bicyclic) bond motifs is 1. The van der Waals surface area contributed by atoms with Gasteiger partial charge < -0.3 is 15.6 Å². The standard InChI is InChI=1S/C13H19N3/c1-9(2)16-11(8-15-3)7-10-5-4-6-12(14)13(10)16/h4-7,9,15H,8,14H2,1-3H3. The molecule has 3 N–H and O–H groups in total. The molecule has 0 saturated carbocycles. The summed E-state index contributed by atoms with van der Waals surface area (Å²) in [5.41, 5.74) is 9.36. The first-order valence-electron chi connectivity index (χ1n) is 5.68. The van der Waals surface area contributed by atoms with Crippen LogP contribution in [0.2, 0.25) is 0 Å². The maximum Gasteiger partial charge on any atom is 0.0718 e. The molecule has 0 spiro atoms. The van der Waals surface area contributed by atoms with Gasteiger partial charge in [0, 0.05) is 23.7 Å². The molecule has 0 fully saturated rings. The number of benzene rings is 1. The Bertz CT molecular complexity index is 497. The summed E-state index contributed by atoms with van der Waals surface area (Å²) in [6.45, 7) is 5.24. The quantitative estimate of drug-likeness (QED) is 0.776. The smallest absolute Gasteiger partial charge is 0.0718 e. The van der Waals surface area contributed by atoms with Gasteiger partial charge in [-0.1, -0.05) is 12.1 Å². The number of nitrogen functional groups attached to an aromatic ring is 1. The lowest BCUT2D eigenvalue weighted by molar-refractivity contribution is 0.582. The average molecular weight is 217 g/mol. The summed E-state index contributed by atoms with van der Waals surface area (Å²) >= 11 is 0. The third-order valence-electron chi connectivity index (χ3n) is 2.85. The van der Waals surface area contributed by atoms with E-state index >= 15 is 0 Å². The van der Waals surface area contributed by atoms with Crippen molar-refractivity contribution in [3.05, 3.63) is 30.0 Å². The van der Waals surface area contributed by atoms with Crippen molar-refractivity contribution >= 4 is 16.6 Å². The summed E-state index contributed by atoms with van der Waals surface area (Å²) < 4.78 is 2.31. The van der Waals surface area contributed by atoms with Crippen LogP contribution >= 0.6 is 0 Å². The van der Waals surface area contributed by atoms with Gasteiger partial charge in [0.1, 0.15) is 0 Å². The molecule has 3 nitrogen and oxygen atoms in total. The highest BCUT2D eigenvalue weighted by molar-refractivity contribution is 5.91. The van der Waals surface area contributed by atoms with Crippen LogP contribution in [0.5, 0.6) is 0 Å². The summed E-state index contributed by atoms with van der Waals surface area (Å²) in [5, 5.41) is 4.42. The third-order valence-corrected chi connectivity index (χ3v) is 2.85. The van der Waals surface area contributed by atoms with Crippen LogP contribution in [0.1, 0.15) is 25.6 Å². The maximum atomic E-state index is 6.06. The predicted molar refractivity (Wildman–Crippen MR) is 69.5 cm³/mol. The van der Waals surface area contributed by atoms with Crippen molar-refractivity contribution in [2.75, 3.05) is 12.8 Å². The topological polar surface area (TPSA) is 43.0 Å². The molecule has 0 aliphatic rings. The highest BCUT2D eigenvalue weighted by Gasteiger charge is 2.12. The van der Waals surface area contributed by atoms with Gasteiger partial charge in [-0.3, -0.25) is 0 Å². The van der Waals surface area contributed by atoms with Crippen LogP contribution in [0.25, 0.3) is 10.9 Å². The summed E-state index contributed by atoms with van der Waals surface area (Å²) in [6, 6.07) is 8.72. The lowest BCUT2D eigenvalue weighted by atomic mass is 10.2. The Labute approximate surface area is 96.2 Å². The van der Waals surface area contributed by atoms with Gasteiger partial charge in [0.25, 0.3) is 0 Å². The van der Waals surface area contributed by atoms with Crippen LogP contribution in [-0.2, 0) is 6.54 Å². The molecule has 86 valence electrons. The van der Waals surface area contributed by atoms with Crippen LogP contribution in [-0.4, -0.2) is 11.6 Å². The second kappa shape index (κ2) is 4.18. The van der Waals surface area contributed by atoms with E-state index in [-0.39, 0.29) is 0 Å². The van der Waals surface area contributed by atoms with Crippen molar-refractivity contribution in [2.45, 2.75) is 26.4 Å². The fourth-order valence-electron chi connectivity index (χ4n) is 2.27. The van der Waals surface area contributed by atoms with E-state index in [4.69, 9.17) is 5.73 Å². The highest BCUT2D eigenvalue weighted by atomic mass is 15.0. The number of hydrogen-bond acceptors (Lipinski definition) is 2. The van der Waals surface area contributed by atoms with Gasteiger partial charge in [-0.25, -0.2) is 0 Å². The molecule has 2 rings (SSSR count). The molecule has 0 saturated heterocycles. The second-order valence-electron chi connectivity index (χ2n) is 4.41. The summed E-state index contributed by atoms with van der Waals surface area (Å²) in [4.78, 5) is 0. The molecule has 0 amide bonds. The van der Waals surface area contributed by atoms with E-state index in [1.165, 1.54) is 11.1 Å². The second-order valence-corrected chi connectivity index (χ2v) is 4.41. The molecule has 0 atom stereocenters. The summed E-state index contributed by atoms with van der Waals surface area (Å²) in [6.07, 6.45) is 0. The van der Waals surface area contributed by atoms with Crippen LogP contribution in [0.15, 0.2) is 24.3 Å². The predicted octanol–water partition coefficient (Wildman–Crippen LogP) is 2.52. The van der Waals surface area contributed by atoms with E-state index < -0.39 is 0 Å². The van der Waals surface area contributed by atoms with Gasteiger partial charge >= 0.3 is 0 Å². The van der Waals surface area contributed by atoms with Crippen LogP contribution in [0.4, 0.5) is 5.69 Å². The monoisotopic (exact) mass is 217 g/mol. The molecule has 0 unspecified atom stereocenters. The minimum absolute atomic E-state index is 0.422. The number of rotatable bonds is 3. The zero-order valence-electron chi connectivity index (χ0n) is 10.1. The number of anilines is 1. The summed E-state index contributed by atoms with van der Waals surface area (Å²) in [7, 11) is 1.96. The van der Waals surface area contributed by atoms with E-state index in [9.17, 15) is 0 Å². The molecule has 0 aliphatic heterocycles. The van der Waals surface area contributed by atoms with Crippen molar-refractivity contribution in [3.8, 4) is 0 Å². The molecule has 16 heavy (non-hydrogen) atoms. The minimum atomic E-state index is 0.422. The number of nitrogens with zero attached hydrogens (tertiary/aromatic N) is 1. The van der Waals surface area contributed by atoms with Crippen molar-refractivity contribution in [1.82, 2.24) is 9.88 Å². The van der Waals surface area contributed by atoms with Crippen molar-refractivity contribution in [3.63, 3.8) is 0 Å². The Morgan fingerprint density at radius 3 is 2.75 bits per heavy atom. The van der Waals surface area contributed by atoms with Gasteiger partial charge in [-0.05, 0) is 33.0 Å². The van der Waals surface area contributed by atoms with Crippen LogP contribution in [0.3, 0.4) is 0 Å². The van der Waals surface area contributed by atoms with Crippen molar-refractivity contribution in [2.24, 2.45) is 0 Å². The van der Waals surface area contributed by atoms with Crippen LogP contribution < -0.4 is 11.1 Å². The highest BCUT2D eigenvalue weighted by Crippen LogP contribution is 2.28. The van der Waals surface area contributed by atoms with Gasteiger partial charge in [0.15, 0.2) is 0 Å². The molecule has 0 bridgehead atoms. The van der Waals surface area contributed by atoms with E-state index in [2.05, 4.69) is 35.9 Å². The molecule has 1 aromatic heterocycles. The first-order valence-corrected chi connectivity index (χ1v) is 5.68. The van der Waals surface area contributed by atoms with Gasteiger partial charge in [0.2, 0.25) is 0 Å². The normalized spacial score (nSPS) is 11.5. The Kier molecular flexibility index (Phi) is 2.88. The lowest BCUT2D eigenvalue weighted by Crippen LogP contribution is -2.13. The maximum absolute atomic E-state index is 6.06. The zero-order valence-corrected chi connectivity index (χ0v) is 10.1. The Morgan fingerprint density at radius 1 is 1.38 bits per heavy atom. The molecular weight excluding hydrogens is 198 g/mol. The number of nitrogens with one attached hydrogen (secondary N) is 1. The van der Waals surface area contributed by atoms with E-state index in [1.807, 2.05) is 19.2 Å². The van der Waals surface area contributed by atoms with E-state index in [0.717, 1.165) is 17.7 Å². The largest absolute Gasteiger partial charge is 0.397 e. The molecule has 0 aliphatic carbocycles. The molecule has 0 radical (unpaired) electrons. The Morgan fingerprint density at radius 2 is 2.12 bits per heavy atom. The number of para-hydroxylation sites is 1. The lowest BCUT2D eigenvalue weighted by Gasteiger charge is -2.15. The van der Waals surface area contributed by atoms with Gasteiger partial charge in [0.05, 0.1) is 11.2 Å². The number of nitrogens with two attached hydrogens (primary N) is 1.